The Morgan fingerprint density at radius 2 is 2.24 bits per heavy atom. The van der Waals surface area contributed by atoms with Gasteiger partial charge in [-0.15, -0.1) is 0 Å². The van der Waals surface area contributed by atoms with E-state index in [1.54, 1.807) is 18.3 Å². The average molecular weight is 288 g/mol. The largest absolute Gasteiger partial charge is 0.395 e. The first-order chi connectivity index (χ1) is 10.1. The van der Waals surface area contributed by atoms with Gasteiger partial charge in [-0.2, -0.15) is 0 Å². The fraction of sp³-hybridized carbons (Fsp3) is 0.529. The quantitative estimate of drug-likeness (QED) is 0.817. The highest BCUT2D eigenvalue weighted by molar-refractivity contribution is 5.94. The summed E-state index contributed by atoms with van der Waals surface area (Å²) in [5.74, 6) is 6.15. The van der Waals surface area contributed by atoms with Crippen LogP contribution in [0.15, 0.2) is 18.3 Å². The Bertz CT molecular complexity index is 517. The van der Waals surface area contributed by atoms with Crippen molar-refractivity contribution in [1.29, 1.82) is 0 Å². The lowest BCUT2D eigenvalue weighted by Crippen LogP contribution is -2.35. The zero-order valence-corrected chi connectivity index (χ0v) is 13.1. The lowest BCUT2D eigenvalue weighted by atomic mass is 10.1. The van der Waals surface area contributed by atoms with Gasteiger partial charge in [0.05, 0.1) is 12.2 Å². The summed E-state index contributed by atoms with van der Waals surface area (Å²) >= 11 is 0. The highest BCUT2D eigenvalue weighted by Gasteiger charge is 2.19. The molecule has 0 saturated heterocycles. The van der Waals surface area contributed by atoms with Gasteiger partial charge in [-0.1, -0.05) is 32.1 Å². The van der Waals surface area contributed by atoms with Crippen molar-refractivity contribution in [3.8, 4) is 11.8 Å². The third-order valence-corrected chi connectivity index (χ3v) is 3.37. The van der Waals surface area contributed by atoms with Gasteiger partial charge in [0.1, 0.15) is 5.69 Å². The van der Waals surface area contributed by atoms with Crippen LogP contribution in [0.1, 0.15) is 49.7 Å². The van der Waals surface area contributed by atoms with Gasteiger partial charge in [-0.25, -0.2) is 4.98 Å². The van der Waals surface area contributed by atoms with E-state index in [2.05, 4.69) is 30.7 Å². The van der Waals surface area contributed by atoms with Crippen LogP contribution in [0.25, 0.3) is 0 Å². The number of aliphatic hydroxyl groups excluding tert-OH is 1. The molecule has 0 radical (unpaired) electrons. The van der Waals surface area contributed by atoms with Crippen molar-refractivity contribution in [1.82, 2.24) is 9.88 Å². The van der Waals surface area contributed by atoms with E-state index >= 15 is 0 Å². The number of pyridine rings is 1. The number of hydrogen-bond acceptors (Lipinski definition) is 3. The van der Waals surface area contributed by atoms with E-state index in [0.29, 0.717) is 30.1 Å². The Morgan fingerprint density at radius 3 is 2.86 bits per heavy atom. The second kappa shape index (κ2) is 9.15. The molecule has 4 heteroatoms. The molecule has 0 aliphatic rings. The van der Waals surface area contributed by atoms with E-state index in [-0.39, 0.29) is 12.5 Å². The molecule has 0 bridgehead atoms. The number of carbonyl (C=O) groups is 1. The van der Waals surface area contributed by atoms with Crippen LogP contribution in [0.5, 0.6) is 0 Å². The number of rotatable bonds is 6. The number of carbonyl (C=O) groups excluding carboxylic acids is 1. The zero-order chi connectivity index (χ0) is 15.7. The van der Waals surface area contributed by atoms with Crippen LogP contribution in [0.3, 0.4) is 0 Å². The summed E-state index contributed by atoms with van der Waals surface area (Å²) in [4.78, 5) is 18.6. The zero-order valence-electron chi connectivity index (χ0n) is 13.1. The topological polar surface area (TPSA) is 53.4 Å². The van der Waals surface area contributed by atoms with E-state index in [9.17, 15) is 4.79 Å². The predicted octanol–water partition coefficient (Wildman–Crippen LogP) is 2.32. The van der Waals surface area contributed by atoms with Crippen LogP contribution in [-0.2, 0) is 0 Å². The molecule has 0 aliphatic carbocycles. The minimum absolute atomic E-state index is 0.0195. The molecule has 0 aromatic carbocycles. The van der Waals surface area contributed by atoms with Gasteiger partial charge in [-0.05, 0) is 25.0 Å². The summed E-state index contributed by atoms with van der Waals surface area (Å²) in [5.41, 5.74) is 1.02. The highest BCUT2D eigenvalue weighted by Crippen LogP contribution is 2.11. The molecule has 1 unspecified atom stereocenters. The van der Waals surface area contributed by atoms with Gasteiger partial charge in [0, 0.05) is 25.7 Å². The Labute approximate surface area is 127 Å². The number of aliphatic hydroxyl groups is 1. The molecule has 1 rings (SSSR count). The van der Waals surface area contributed by atoms with Crippen LogP contribution in [0, 0.1) is 17.8 Å². The molecule has 21 heavy (non-hydrogen) atoms. The van der Waals surface area contributed by atoms with Gasteiger partial charge in [0.2, 0.25) is 0 Å². The summed E-state index contributed by atoms with van der Waals surface area (Å²) in [6, 6.07) is 3.56. The summed E-state index contributed by atoms with van der Waals surface area (Å²) in [6.45, 7) is 7.63. The van der Waals surface area contributed by atoms with Gasteiger partial charge < -0.3 is 10.0 Å². The Kier molecular flexibility index (Phi) is 7.49. The minimum atomic E-state index is -0.0771. The number of amides is 1. The average Bonchev–Trinajstić information content (AvgIpc) is 2.52. The summed E-state index contributed by atoms with van der Waals surface area (Å²) in [5, 5.41) is 8.78. The van der Waals surface area contributed by atoms with Crippen LogP contribution < -0.4 is 0 Å². The molecule has 1 amide bonds. The number of hydrogen-bond donors (Lipinski definition) is 1. The molecule has 1 heterocycles. The lowest BCUT2D eigenvalue weighted by molar-refractivity contribution is 0.0734. The molecule has 1 aromatic rings. The molecular weight excluding hydrogens is 264 g/mol. The monoisotopic (exact) mass is 288 g/mol. The Balaban J connectivity index is 2.98. The van der Waals surface area contributed by atoms with Crippen LogP contribution in [0.4, 0.5) is 0 Å². The fourth-order valence-corrected chi connectivity index (χ4v) is 1.90. The van der Waals surface area contributed by atoms with Crippen molar-refractivity contribution in [3.63, 3.8) is 0 Å². The Hall–Kier alpha value is -1.86. The van der Waals surface area contributed by atoms with E-state index in [1.807, 2.05) is 11.8 Å². The molecule has 0 spiro atoms. The Morgan fingerprint density at radius 1 is 1.48 bits per heavy atom. The minimum Gasteiger partial charge on any atom is -0.395 e. The van der Waals surface area contributed by atoms with E-state index in [1.165, 1.54) is 0 Å². The normalized spacial score (nSPS) is 11.4. The first kappa shape index (κ1) is 17.2. The maximum absolute atomic E-state index is 12.6. The third kappa shape index (κ3) is 5.20. The first-order valence-corrected chi connectivity index (χ1v) is 7.48. The molecule has 1 atom stereocenters. The molecule has 0 aliphatic heterocycles. The van der Waals surface area contributed by atoms with Crippen LogP contribution in [0.2, 0.25) is 0 Å². The molecule has 1 aromatic heterocycles. The fourth-order valence-electron chi connectivity index (χ4n) is 1.90. The SMILES string of the molecule is CCC(C)CN(CC)C(=O)c1ncccc1C#CCCO. The molecule has 0 saturated carbocycles. The highest BCUT2D eigenvalue weighted by atomic mass is 16.2. The molecule has 1 N–H and O–H groups in total. The second-order valence-corrected chi connectivity index (χ2v) is 5.03. The molecule has 0 fully saturated rings. The van der Waals surface area contributed by atoms with E-state index in [0.717, 1.165) is 13.0 Å². The van der Waals surface area contributed by atoms with E-state index in [4.69, 9.17) is 5.11 Å². The smallest absolute Gasteiger partial charge is 0.273 e. The second-order valence-electron chi connectivity index (χ2n) is 5.03. The molecule has 114 valence electrons. The molecule has 4 nitrogen and oxygen atoms in total. The first-order valence-electron chi connectivity index (χ1n) is 7.48. The maximum Gasteiger partial charge on any atom is 0.273 e. The third-order valence-electron chi connectivity index (χ3n) is 3.37. The number of nitrogens with zero attached hydrogens (tertiary/aromatic N) is 2. The van der Waals surface area contributed by atoms with Crippen LogP contribution >= 0.6 is 0 Å². The van der Waals surface area contributed by atoms with Crippen molar-refractivity contribution < 1.29 is 9.90 Å². The van der Waals surface area contributed by atoms with Gasteiger partial charge in [0.15, 0.2) is 0 Å². The summed E-state index contributed by atoms with van der Waals surface area (Å²) in [6.07, 6.45) is 3.05. The number of aromatic nitrogens is 1. The summed E-state index contributed by atoms with van der Waals surface area (Å²) < 4.78 is 0. The van der Waals surface area contributed by atoms with Crippen molar-refractivity contribution in [2.45, 2.75) is 33.6 Å². The maximum atomic E-state index is 12.6. The lowest BCUT2D eigenvalue weighted by Gasteiger charge is -2.24. The van der Waals surface area contributed by atoms with Gasteiger partial charge >= 0.3 is 0 Å². The van der Waals surface area contributed by atoms with Crippen molar-refractivity contribution in [3.05, 3.63) is 29.6 Å². The van der Waals surface area contributed by atoms with E-state index < -0.39 is 0 Å². The van der Waals surface area contributed by atoms with Crippen LogP contribution in [-0.4, -0.2) is 40.6 Å². The summed E-state index contributed by atoms with van der Waals surface area (Å²) in [7, 11) is 0. The van der Waals surface area contributed by atoms with Gasteiger partial charge in [-0.3, -0.25) is 4.79 Å². The van der Waals surface area contributed by atoms with Crippen molar-refractivity contribution in [2.75, 3.05) is 19.7 Å². The molecular formula is C17H24N2O2. The van der Waals surface area contributed by atoms with Gasteiger partial charge in [0.25, 0.3) is 5.91 Å². The van der Waals surface area contributed by atoms with Crippen molar-refractivity contribution >= 4 is 5.91 Å². The predicted molar refractivity (Wildman–Crippen MR) is 83.9 cm³/mol. The standard InChI is InChI=1S/C17H24N2O2/c1-4-14(3)13-19(5-2)17(21)16-15(9-6-7-12-20)10-8-11-18-16/h8,10-11,14,20H,4-5,7,12-13H2,1-3H3. The van der Waals surface area contributed by atoms with Crippen molar-refractivity contribution in [2.24, 2.45) is 5.92 Å².